The average molecular weight is 589 g/mol. The van der Waals surface area contributed by atoms with E-state index in [1.54, 1.807) is 18.2 Å². The largest absolute Gasteiger partial charge is 0.346 e. The number of sulfone groups is 1. The van der Waals surface area contributed by atoms with Gasteiger partial charge in [-0.15, -0.1) is 0 Å². The fraction of sp³-hybridized carbons (Fsp3) is 0.206. The Kier molecular flexibility index (Phi) is 6.91. The van der Waals surface area contributed by atoms with Gasteiger partial charge in [-0.1, -0.05) is 60.7 Å². The molecule has 1 fully saturated rings. The van der Waals surface area contributed by atoms with Crippen molar-refractivity contribution in [2.45, 2.75) is 30.2 Å². The number of nitrogens with zero attached hydrogens (tertiary/aromatic N) is 4. The van der Waals surface area contributed by atoms with Crippen molar-refractivity contribution < 1.29 is 13.2 Å². The third-order valence-corrected chi connectivity index (χ3v) is 9.40. The zero-order chi connectivity index (χ0) is 29.6. The molecule has 2 aliphatic heterocycles. The van der Waals surface area contributed by atoms with Gasteiger partial charge in [-0.25, -0.2) is 23.2 Å². The lowest BCUT2D eigenvalue weighted by Crippen LogP contribution is -2.32. The Bertz CT molecular complexity index is 1950. The summed E-state index contributed by atoms with van der Waals surface area (Å²) in [4.78, 5) is 24.1. The molecule has 1 aromatic heterocycles. The molecule has 2 aliphatic rings. The van der Waals surface area contributed by atoms with Crippen molar-refractivity contribution in [2.75, 3.05) is 24.7 Å². The van der Waals surface area contributed by atoms with E-state index in [4.69, 9.17) is 9.97 Å². The Morgan fingerprint density at radius 3 is 2.23 bits per heavy atom. The van der Waals surface area contributed by atoms with Crippen LogP contribution in [0.5, 0.6) is 0 Å². The lowest BCUT2D eigenvalue weighted by Gasteiger charge is -2.32. The van der Waals surface area contributed by atoms with Crippen molar-refractivity contribution in [3.63, 3.8) is 0 Å². The molecule has 0 atom stereocenters. The maximum atomic E-state index is 12.2. The standard InChI is InChI=1S/C34H30N5O3S/c1-43(41,42)27-12-14-28-31(20-27)36-33(32(35-28)24-5-3-2-4-6-24)25-9-7-22(8-10-25)21-39-17-15-23(16-18-39)26-11-13-29-30(19-26)38-34(40)37-29/h2-14,19-20,23H,15-18,21H2,1H3,(H,37,40). The van der Waals surface area contributed by atoms with Gasteiger partial charge in [-0.3, -0.25) is 4.90 Å². The highest BCUT2D eigenvalue weighted by molar-refractivity contribution is 7.90. The lowest BCUT2D eigenvalue weighted by molar-refractivity contribution is 0.204. The number of aromatic nitrogens is 2. The van der Waals surface area contributed by atoms with Crippen LogP contribution >= 0.6 is 0 Å². The number of carbonyl (C=O) groups excluding carboxylic acids is 1. The van der Waals surface area contributed by atoms with Gasteiger partial charge in [0.05, 0.1) is 38.7 Å². The number of carbonyl (C=O) groups is 1. The summed E-state index contributed by atoms with van der Waals surface area (Å²) in [6.45, 7) is 2.85. The molecule has 1 radical (unpaired) electrons. The molecule has 7 rings (SSSR count). The second-order valence-electron chi connectivity index (χ2n) is 11.3. The van der Waals surface area contributed by atoms with E-state index in [9.17, 15) is 13.2 Å². The van der Waals surface area contributed by atoms with Crippen LogP contribution in [-0.4, -0.2) is 48.7 Å². The highest BCUT2D eigenvalue weighted by Gasteiger charge is 2.24. The number of urea groups is 1. The van der Waals surface area contributed by atoms with Gasteiger partial charge in [0.2, 0.25) is 0 Å². The Balaban J connectivity index is 1.10. The monoisotopic (exact) mass is 588 g/mol. The molecular weight excluding hydrogens is 558 g/mol. The van der Waals surface area contributed by atoms with E-state index in [-0.39, 0.29) is 10.9 Å². The summed E-state index contributed by atoms with van der Waals surface area (Å²) in [5, 5.41) is 6.82. The van der Waals surface area contributed by atoms with Crippen molar-refractivity contribution in [3.05, 3.63) is 102 Å². The molecular formula is C34H30N5O3S. The third kappa shape index (κ3) is 5.61. The van der Waals surface area contributed by atoms with Gasteiger partial charge < -0.3 is 5.32 Å². The number of anilines is 1. The fourth-order valence-corrected chi connectivity index (χ4v) is 6.61. The number of benzene rings is 4. The molecule has 1 saturated heterocycles. The summed E-state index contributed by atoms with van der Waals surface area (Å²) in [6.07, 6.45) is 3.31. The van der Waals surface area contributed by atoms with Crippen LogP contribution in [0.1, 0.15) is 29.9 Å². The van der Waals surface area contributed by atoms with Crippen molar-refractivity contribution in [3.8, 4) is 22.5 Å². The normalized spacial score (nSPS) is 15.7. The smallest absolute Gasteiger partial charge is 0.304 e. The minimum absolute atomic E-state index is 0.227. The molecule has 0 unspecified atom stereocenters. The van der Waals surface area contributed by atoms with Crippen molar-refractivity contribution >= 4 is 38.3 Å². The predicted octanol–water partition coefficient (Wildman–Crippen LogP) is 6.53. The molecule has 0 spiro atoms. The minimum atomic E-state index is -3.37. The Morgan fingerprint density at radius 1 is 0.814 bits per heavy atom. The maximum Gasteiger partial charge on any atom is 0.346 e. The number of fused-ring (bicyclic) bond motifs is 2. The molecule has 5 aromatic rings. The molecule has 9 heteroatoms. The molecule has 4 aromatic carbocycles. The summed E-state index contributed by atoms with van der Waals surface area (Å²) in [7, 11) is -3.37. The number of likely N-dealkylation sites (tertiary alicyclic amines) is 1. The number of nitrogens with one attached hydrogen (secondary N) is 1. The van der Waals surface area contributed by atoms with Gasteiger partial charge in [0.25, 0.3) is 0 Å². The molecule has 3 heterocycles. The average Bonchev–Trinajstić information content (AvgIpc) is 3.40. The summed E-state index contributed by atoms with van der Waals surface area (Å²) in [5.74, 6) is 0.459. The lowest BCUT2D eigenvalue weighted by atomic mass is 9.89. The van der Waals surface area contributed by atoms with Crippen LogP contribution in [0.15, 0.2) is 95.9 Å². The van der Waals surface area contributed by atoms with Crippen molar-refractivity contribution in [1.82, 2.24) is 20.2 Å². The Hall–Kier alpha value is -4.60. The molecule has 2 amide bonds. The minimum Gasteiger partial charge on any atom is -0.304 e. The highest BCUT2D eigenvalue weighted by Crippen LogP contribution is 2.36. The van der Waals surface area contributed by atoms with E-state index in [0.717, 1.165) is 66.4 Å². The number of amides is 2. The van der Waals surface area contributed by atoms with Crippen LogP contribution in [0.4, 0.5) is 16.2 Å². The second kappa shape index (κ2) is 10.9. The van der Waals surface area contributed by atoms with Gasteiger partial charge in [0, 0.05) is 23.9 Å². The van der Waals surface area contributed by atoms with Crippen LogP contribution in [0, 0.1) is 0 Å². The first kappa shape index (κ1) is 27.2. The molecule has 43 heavy (non-hydrogen) atoms. The van der Waals surface area contributed by atoms with Crippen LogP contribution in [0.3, 0.4) is 0 Å². The van der Waals surface area contributed by atoms with Gasteiger partial charge in [-0.2, -0.15) is 5.32 Å². The maximum absolute atomic E-state index is 12.2. The van der Waals surface area contributed by atoms with Crippen molar-refractivity contribution in [1.29, 1.82) is 0 Å². The molecule has 215 valence electrons. The summed E-state index contributed by atoms with van der Waals surface area (Å²) < 4.78 is 24.4. The Morgan fingerprint density at radius 2 is 1.51 bits per heavy atom. The topological polar surface area (TPSA) is 106 Å². The molecule has 8 nitrogen and oxygen atoms in total. The number of hydrogen-bond acceptors (Lipinski definition) is 6. The van der Waals surface area contributed by atoms with E-state index in [1.165, 1.54) is 17.4 Å². The van der Waals surface area contributed by atoms with E-state index in [0.29, 0.717) is 17.0 Å². The predicted molar refractivity (Wildman–Crippen MR) is 168 cm³/mol. The number of hydrogen-bond donors (Lipinski definition) is 1. The van der Waals surface area contributed by atoms with E-state index in [2.05, 4.69) is 45.9 Å². The van der Waals surface area contributed by atoms with Gasteiger partial charge >= 0.3 is 6.03 Å². The van der Waals surface area contributed by atoms with Crippen LogP contribution < -0.4 is 10.6 Å². The number of piperidine rings is 1. The first-order valence-electron chi connectivity index (χ1n) is 14.4. The first-order valence-corrected chi connectivity index (χ1v) is 16.2. The van der Waals surface area contributed by atoms with Crippen LogP contribution in [0.2, 0.25) is 0 Å². The second-order valence-corrected chi connectivity index (χ2v) is 13.3. The Labute approximate surface area is 250 Å². The quantitative estimate of drug-likeness (QED) is 0.242. The summed E-state index contributed by atoms with van der Waals surface area (Å²) in [6, 6.07) is 29.1. The van der Waals surface area contributed by atoms with E-state index < -0.39 is 9.84 Å². The zero-order valence-electron chi connectivity index (χ0n) is 23.7. The highest BCUT2D eigenvalue weighted by atomic mass is 32.2. The summed E-state index contributed by atoms with van der Waals surface area (Å²) >= 11 is 0. The molecule has 1 N–H and O–H groups in total. The van der Waals surface area contributed by atoms with Crippen LogP contribution in [-0.2, 0) is 16.4 Å². The third-order valence-electron chi connectivity index (χ3n) is 8.29. The van der Waals surface area contributed by atoms with E-state index in [1.807, 2.05) is 42.5 Å². The van der Waals surface area contributed by atoms with Crippen molar-refractivity contribution in [2.24, 2.45) is 0 Å². The molecule has 0 saturated carbocycles. The van der Waals surface area contributed by atoms with Gasteiger partial charge in [0.1, 0.15) is 0 Å². The van der Waals surface area contributed by atoms with E-state index >= 15 is 0 Å². The number of rotatable bonds is 6. The summed E-state index contributed by atoms with van der Waals surface area (Å²) in [5.41, 5.74) is 8.55. The van der Waals surface area contributed by atoms with Gasteiger partial charge in [0.15, 0.2) is 9.84 Å². The van der Waals surface area contributed by atoms with Gasteiger partial charge in [-0.05, 0) is 73.3 Å². The zero-order valence-corrected chi connectivity index (χ0v) is 24.5. The molecule has 0 aliphatic carbocycles. The fourth-order valence-electron chi connectivity index (χ4n) is 5.97. The molecule has 0 bridgehead atoms. The first-order chi connectivity index (χ1) is 20.8. The van der Waals surface area contributed by atoms with Crippen LogP contribution in [0.25, 0.3) is 33.5 Å². The SMILES string of the molecule is CS(=O)(=O)c1ccc2nc(-c3ccccc3)c(-c3ccc(CN4CCC(c5ccc6c(c5)[N]C(=O)N6)CC4)cc3)nc2c1.